The van der Waals surface area contributed by atoms with Crippen LogP contribution < -0.4 is 10.1 Å². The fourth-order valence-corrected chi connectivity index (χ4v) is 2.72. The number of carbonyl (C=O) groups is 1. The number of amides is 1. The average molecular weight is 376 g/mol. The van der Waals surface area contributed by atoms with E-state index in [-0.39, 0.29) is 5.91 Å². The minimum atomic E-state index is -0.177. The van der Waals surface area contributed by atoms with Gasteiger partial charge in [-0.2, -0.15) is 0 Å². The summed E-state index contributed by atoms with van der Waals surface area (Å²) in [4.78, 5) is 12.6. The molecule has 0 aromatic heterocycles. The Hall–Kier alpha value is -2.04. The molecule has 0 bridgehead atoms. The molecule has 0 saturated carbocycles. The van der Waals surface area contributed by atoms with Gasteiger partial charge in [-0.1, -0.05) is 25.4 Å². The van der Waals surface area contributed by atoms with Gasteiger partial charge in [0.25, 0.3) is 5.91 Å². The number of benzene rings is 2. The van der Waals surface area contributed by atoms with E-state index in [0.29, 0.717) is 36.3 Å². The van der Waals surface area contributed by atoms with Crippen molar-refractivity contribution >= 4 is 23.2 Å². The first-order valence-corrected chi connectivity index (χ1v) is 9.19. The molecule has 1 N–H and O–H groups in total. The number of carbonyl (C=O) groups excluding carboxylic acids is 1. The fourth-order valence-electron chi connectivity index (χ4n) is 2.50. The van der Waals surface area contributed by atoms with E-state index in [4.69, 9.17) is 21.1 Å². The van der Waals surface area contributed by atoms with Gasteiger partial charge < -0.3 is 14.8 Å². The molecule has 26 heavy (non-hydrogen) atoms. The van der Waals surface area contributed by atoms with Crippen molar-refractivity contribution in [2.75, 3.05) is 18.5 Å². The van der Waals surface area contributed by atoms with Gasteiger partial charge in [0.15, 0.2) is 0 Å². The van der Waals surface area contributed by atoms with Gasteiger partial charge in [0, 0.05) is 28.4 Å². The molecule has 0 radical (unpaired) electrons. The molecule has 0 aliphatic rings. The van der Waals surface area contributed by atoms with Gasteiger partial charge in [0.2, 0.25) is 0 Å². The van der Waals surface area contributed by atoms with E-state index in [2.05, 4.69) is 19.2 Å². The molecule has 0 fully saturated rings. The smallest absolute Gasteiger partial charge is 0.255 e. The Kier molecular flexibility index (Phi) is 7.49. The second-order valence-corrected chi connectivity index (χ2v) is 7.01. The van der Waals surface area contributed by atoms with Crippen molar-refractivity contribution in [1.82, 2.24) is 0 Å². The number of anilines is 1. The van der Waals surface area contributed by atoms with Crippen LogP contribution in [0.1, 0.15) is 42.3 Å². The van der Waals surface area contributed by atoms with Crippen LogP contribution in [-0.4, -0.2) is 19.1 Å². The summed E-state index contributed by atoms with van der Waals surface area (Å²) < 4.78 is 11.4. The van der Waals surface area contributed by atoms with Gasteiger partial charge in [-0.05, 0) is 61.7 Å². The first-order chi connectivity index (χ1) is 12.4. The van der Waals surface area contributed by atoms with E-state index in [0.717, 1.165) is 22.6 Å². The van der Waals surface area contributed by atoms with Crippen LogP contribution in [0.3, 0.4) is 0 Å². The minimum Gasteiger partial charge on any atom is -0.494 e. The fraction of sp³-hybridized carbons (Fsp3) is 0.381. The molecule has 140 valence electrons. The Morgan fingerprint density at radius 2 is 1.96 bits per heavy atom. The average Bonchev–Trinajstić information content (AvgIpc) is 2.58. The van der Waals surface area contributed by atoms with E-state index >= 15 is 0 Å². The van der Waals surface area contributed by atoms with Gasteiger partial charge >= 0.3 is 0 Å². The Morgan fingerprint density at radius 1 is 1.19 bits per heavy atom. The monoisotopic (exact) mass is 375 g/mol. The molecule has 0 aliphatic carbocycles. The van der Waals surface area contributed by atoms with Crippen LogP contribution in [-0.2, 0) is 11.3 Å². The zero-order chi connectivity index (χ0) is 19.1. The van der Waals surface area contributed by atoms with Crippen molar-refractivity contribution < 1.29 is 14.3 Å². The van der Waals surface area contributed by atoms with Gasteiger partial charge in [-0.15, -0.1) is 0 Å². The zero-order valence-electron chi connectivity index (χ0n) is 15.8. The summed E-state index contributed by atoms with van der Waals surface area (Å²) in [7, 11) is 0. The van der Waals surface area contributed by atoms with E-state index < -0.39 is 0 Å². The highest BCUT2D eigenvalue weighted by Crippen LogP contribution is 2.24. The van der Waals surface area contributed by atoms with E-state index in [9.17, 15) is 4.79 Å². The van der Waals surface area contributed by atoms with Crippen molar-refractivity contribution in [2.24, 2.45) is 5.92 Å². The molecular weight excluding hydrogens is 350 g/mol. The summed E-state index contributed by atoms with van der Waals surface area (Å²) >= 11 is 5.97. The number of aryl methyl sites for hydroxylation is 1. The third-order valence-corrected chi connectivity index (χ3v) is 4.00. The van der Waals surface area contributed by atoms with Gasteiger partial charge in [-0.25, -0.2) is 0 Å². The summed E-state index contributed by atoms with van der Waals surface area (Å²) in [5.74, 6) is 1.02. The predicted molar refractivity (Wildman–Crippen MR) is 106 cm³/mol. The lowest BCUT2D eigenvalue weighted by molar-refractivity contribution is 0.0948. The Morgan fingerprint density at radius 3 is 2.62 bits per heavy atom. The number of hydrogen-bond donors (Lipinski definition) is 1. The second-order valence-electron chi connectivity index (χ2n) is 6.58. The molecule has 2 aromatic rings. The SMILES string of the molecule is CCOc1ccc(C(=O)Nc2ccc(Cl)cc2C)cc1COCC(C)C. The Labute approximate surface area is 160 Å². The van der Waals surface area contributed by atoms with Crippen LogP contribution in [0.25, 0.3) is 0 Å². The highest BCUT2D eigenvalue weighted by atomic mass is 35.5. The quantitative estimate of drug-likeness (QED) is 0.665. The van der Waals surface area contributed by atoms with Crippen molar-refractivity contribution in [1.29, 1.82) is 0 Å². The zero-order valence-corrected chi connectivity index (χ0v) is 16.5. The third-order valence-electron chi connectivity index (χ3n) is 3.77. The predicted octanol–water partition coefficient (Wildman–Crippen LogP) is 5.47. The molecule has 0 unspecified atom stereocenters. The van der Waals surface area contributed by atoms with Crippen LogP contribution in [0, 0.1) is 12.8 Å². The summed E-state index contributed by atoms with van der Waals surface area (Å²) in [5.41, 5.74) is 3.09. The van der Waals surface area contributed by atoms with Gasteiger partial charge in [0.05, 0.1) is 13.2 Å². The topological polar surface area (TPSA) is 47.6 Å². The standard InChI is InChI=1S/C21H26ClNO3/c1-5-26-20-9-6-16(11-17(20)13-25-12-14(2)3)21(24)23-19-8-7-18(22)10-15(19)4/h6-11,14H,5,12-13H2,1-4H3,(H,23,24). The summed E-state index contributed by atoms with van der Waals surface area (Å²) in [6.45, 7) is 9.67. The van der Waals surface area contributed by atoms with E-state index in [1.54, 1.807) is 18.2 Å². The number of ether oxygens (including phenoxy) is 2. The normalized spacial score (nSPS) is 10.8. The maximum absolute atomic E-state index is 12.6. The van der Waals surface area contributed by atoms with Crippen LogP contribution in [0.4, 0.5) is 5.69 Å². The molecule has 5 heteroatoms. The largest absolute Gasteiger partial charge is 0.494 e. The van der Waals surface area contributed by atoms with Crippen LogP contribution in [0.15, 0.2) is 36.4 Å². The molecule has 2 rings (SSSR count). The maximum Gasteiger partial charge on any atom is 0.255 e. The summed E-state index contributed by atoms with van der Waals surface area (Å²) in [5, 5.41) is 3.57. The van der Waals surface area contributed by atoms with Gasteiger partial charge in [0.1, 0.15) is 5.75 Å². The van der Waals surface area contributed by atoms with E-state index in [1.165, 1.54) is 0 Å². The van der Waals surface area contributed by atoms with Crippen LogP contribution >= 0.6 is 11.6 Å². The molecule has 2 aromatic carbocycles. The minimum absolute atomic E-state index is 0.177. The lowest BCUT2D eigenvalue weighted by Crippen LogP contribution is -2.14. The number of rotatable bonds is 8. The lowest BCUT2D eigenvalue weighted by Gasteiger charge is -2.14. The highest BCUT2D eigenvalue weighted by Gasteiger charge is 2.12. The van der Waals surface area contributed by atoms with Crippen molar-refractivity contribution in [3.05, 3.63) is 58.1 Å². The maximum atomic E-state index is 12.6. The van der Waals surface area contributed by atoms with Crippen molar-refractivity contribution in [3.8, 4) is 5.75 Å². The van der Waals surface area contributed by atoms with E-state index in [1.807, 2.05) is 32.0 Å². The van der Waals surface area contributed by atoms with Crippen molar-refractivity contribution in [2.45, 2.75) is 34.3 Å². The first kappa shape index (κ1) is 20.3. The molecule has 4 nitrogen and oxygen atoms in total. The van der Waals surface area contributed by atoms with Crippen LogP contribution in [0.2, 0.25) is 5.02 Å². The molecule has 0 saturated heterocycles. The second kappa shape index (κ2) is 9.60. The van der Waals surface area contributed by atoms with Gasteiger partial charge in [-0.3, -0.25) is 4.79 Å². The van der Waals surface area contributed by atoms with Crippen LogP contribution in [0.5, 0.6) is 5.75 Å². The summed E-state index contributed by atoms with van der Waals surface area (Å²) in [6.07, 6.45) is 0. The Balaban J connectivity index is 2.17. The number of hydrogen-bond acceptors (Lipinski definition) is 3. The molecule has 0 aliphatic heterocycles. The summed E-state index contributed by atoms with van der Waals surface area (Å²) in [6, 6.07) is 10.8. The Bertz CT molecular complexity index is 759. The molecule has 0 spiro atoms. The first-order valence-electron chi connectivity index (χ1n) is 8.81. The van der Waals surface area contributed by atoms with Crippen molar-refractivity contribution in [3.63, 3.8) is 0 Å². The molecule has 0 atom stereocenters. The molecular formula is C21H26ClNO3. The molecule has 1 amide bonds. The lowest BCUT2D eigenvalue weighted by atomic mass is 10.1. The number of nitrogens with one attached hydrogen (secondary N) is 1. The molecule has 0 heterocycles. The third kappa shape index (κ3) is 5.75. The highest BCUT2D eigenvalue weighted by molar-refractivity contribution is 6.30. The number of halogens is 1.